The van der Waals surface area contributed by atoms with Crippen LogP contribution in [0.4, 0.5) is 5.69 Å². The van der Waals surface area contributed by atoms with E-state index in [0.29, 0.717) is 22.8 Å². The molecule has 1 fully saturated rings. The van der Waals surface area contributed by atoms with Crippen LogP contribution < -0.4 is 0 Å². The van der Waals surface area contributed by atoms with E-state index < -0.39 is 4.92 Å². The zero-order valence-corrected chi connectivity index (χ0v) is 13.3. The van der Waals surface area contributed by atoms with E-state index in [4.69, 9.17) is 12.2 Å². The quantitative estimate of drug-likeness (QED) is 0.278. The number of aldehydes is 1. The van der Waals surface area contributed by atoms with Gasteiger partial charge in [-0.25, -0.2) is 0 Å². The Morgan fingerprint density at radius 2 is 2.29 bits per heavy atom. The van der Waals surface area contributed by atoms with Crippen molar-refractivity contribution in [2.24, 2.45) is 0 Å². The van der Waals surface area contributed by atoms with Crippen LogP contribution in [0.15, 0.2) is 23.1 Å². The molecule has 0 aliphatic carbocycles. The molecule has 1 saturated heterocycles. The Labute approximate surface area is 132 Å². The minimum atomic E-state index is -0.507. The van der Waals surface area contributed by atoms with Gasteiger partial charge < -0.3 is 4.90 Å². The van der Waals surface area contributed by atoms with Crippen molar-refractivity contribution in [3.8, 4) is 0 Å². The summed E-state index contributed by atoms with van der Waals surface area (Å²) in [6, 6.07) is 4.68. The molecule has 0 bridgehead atoms. The van der Waals surface area contributed by atoms with Crippen molar-refractivity contribution in [3.05, 3.63) is 33.9 Å². The summed E-state index contributed by atoms with van der Waals surface area (Å²) in [6.07, 6.45) is 4.08. The van der Waals surface area contributed by atoms with Crippen LogP contribution in [0.2, 0.25) is 0 Å². The van der Waals surface area contributed by atoms with E-state index in [0.717, 1.165) is 23.7 Å². The second-order valence-electron chi connectivity index (χ2n) is 5.00. The van der Waals surface area contributed by atoms with Crippen LogP contribution in [0.3, 0.4) is 0 Å². The molecule has 0 radical (unpaired) electrons. The minimum Gasteiger partial charge on any atom is -0.355 e. The van der Waals surface area contributed by atoms with Gasteiger partial charge in [-0.15, -0.1) is 0 Å². The van der Waals surface area contributed by atoms with Crippen LogP contribution in [0, 0.1) is 10.1 Å². The average molecular weight is 324 g/mol. The highest BCUT2D eigenvalue weighted by Gasteiger charge is 2.22. The summed E-state index contributed by atoms with van der Waals surface area (Å²) in [6.45, 7) is 3.07. The molecule has 0 N–H and O–H groups in total. The first-order valence-corrected chi connectivity index (χ1v) is 7.97. The minimum absolute atomic E-state index is 0.0845. The van der Waals surface area contributed by atoms with Gasteiger partial charge in [0.05, 0.1) is 4.92 Å². The standard InChI is InChI=1S/C14H16N2O3S2/c1-10-4-2-3-7-15(10)14(20)21-13-6-5-12(16(18)19)8-11(13)9-17/h5-6,8-10H,2-4,7H2,1H3/t10-/m1/s1. The van der Waals surface area contributed by atoms with E-state index in [1.54, 1.807) is 6.07 Å². The Hall–Kier alpha value is -1.47. The number of likely N-dealkylation sites (tertiary alicyclic amines) is 1. The lowest BCUT2D eigenvalue weighted by Gasteiger charge is -2.35. The molecule has 1 aliphatic rings. The zero-order chi connectivity index (χ0) is 15.4. The molecule has 0 unspecified atom stereocenters. The van der Waals surface area contributed by atoms with Crippen molar-refractivity contribution in [1.82, 2.24) is 4.90 Å². The number of thioether (sulfide) groups is 1. The van der Waals surface area contributed by atoms with Crippen molar-refractivity contribution in [3.63, 3.8) is 0 Å². The summed E-state index contributed by atoms with van der Waals surface area (Å²) >= 11 is 6.79. The number of nitro groups is 1. The molecule has 5 nitrogen and oxygen atoms in total. The van der Waals surface area contributed by atoms with Crippen molar-refractivity contribution in [2.45, 2.75) is 37.1 Å². The van der Waals surface area contributed by atoms with Crippen LogP contribution in [-0.2, 0) is 0 Å². The molecular weight excluding hydrogens is 308 g/mol. The van der Waals surface area contributed by atoms with Crippen molar-refractivity contribution < 1.29 is 9.72 Å². The van der Waals surface area contributed by atoms with Crippen LogP contribution in [0.25, 0.3) is 0 Å². The van der Waals surface area contributed by atoms with Crippen LogP contribution in [-0.4, -0.2) is 33.0 Å². The number of thiocarbonyl (C=S) groups is 1. The molecule has 0 saturated carbocycles. The Bertz CT molecular complexity index is 577. The number of nitrogens with zero attached hydrogens (tertiary/aromatic N) is 2. The van der Waals surface area contributed by atoms with Crippen LogP contribution in [0.5, 0.6) is 0 Å². The Morgan fingerprint density at radius 3 is 2.90 bits per heavy atom. The molecule has 7 heteroatoms. The maximum Gasteiger partial charge on any atom is 0.270 e. The fraction of sp³-hybridized carbons (Fsp3) is 0.429. The summed E-state index contributed by atoms with van der Waals surface area (Å²) in [7, 11) is 0. The molecule has 1 atom stereocenters. The number of carbonyl (C=O) groups is 1. The topological polar surface area (TPSA) is 63.4 Å². The van der Waals surface area contributed by atoms with E-state index in [-0.39, 0.29) is 5.69 Å². The number of piperidine rings is 1. The molecular formula is C14H16N2O3S2. The smallest absolute Gasteiger partial charge is 0.270 e. The fourth-order valence-corrected chi connectivity index (χ4v) is 3.83. The fourth-order valence-electron chi connectivity index (χ4n) is 2.36. The first kappa shape index (κ1) is 15.9. The zero-order valence-electron chi connectivity index (χ0n) is 11.7. The number of benzene rings is 1. The van der Waals surface area contributed by atoms with Gasteiger partial charge in [-0.2, -0.15) is 0 Å². The average Bonchev–Trinajstić information content (AvgIpc) is 2.47. The molecule has 1 heterocycles. The van der Waals surface area contributed by atoms with Gasteiger partial charge in [-0.05, 0) is 32.3 Å². The van der Waals surface area contributed by atoms with Gasteiger partial charge >= 0.3 is 0 Å². The normalized spacial score (nSPS) is 18.3. The lowest BCUT2D eigenvalue weighted by molar-refractivity contribution is -0.384. The van der Waals surface area contributed by atoms with Gasteiger partial charge in [0.1, 0.15) is 4.32 Å². The molecule has 21 heavy (non-hydrogen) atoms. The van der Waals surface area contributed by atoms with E-state index in [2.05, 4.69) is 11.8 Å². The third-order valence-electron chi connectivity index (χ3n) is 3.57. The predicted octanol–water partition coefficient (Wildman–Crippen LogP) is 3.66. The van der Waals surface area contributed by atoms with Gasteiger partial charge in [0.25, 0.3) is 5.69 Å². The third-order valence-corrected chi connectivity index (χ3v) is 5.05. The first-order chi connectivity index (χ1) is 10.0. The molecule has 0 spiro atoms. The predicted molar refractivity (Wildman–Crippen MR) is 87.0 cm³/mol. The molecule has 112 valence electrons. The molecule has 1 aromatic rings. The van der Waals surface area contributed by atoms with Crippen molar-refractivity contribution in [1.29, 1.82) is 0 Å². The lowest BCUT2D eigenvalue weighted by Crippen LogP contribution is -2.39. The summed E-state index contributed by atoms with van der Waals surface area (Å²) in [5.74, 6) is 0. The van der Waals surface area contributed by atoms with Crippen molar-refractivity contribution in [2.75, 3.05) is 6.54 Å². The van der Waals surface area contributed by atoms with E-state index >= 15 is 0 Å². The Kier molecular flexibility index (Phi) is 5.30. The highest BCUT2D eigenvalue weighted by Crippen LogP contribution is 2.30. The van der Waals surface area contributed by atoms with Gasteiger partial charge in [0.15, 0.2) is 6.29 Å². The Morgan fingerprint density at radius 1 is 1.52 bits per heavy atom. The van der Waals surface area contributed by atoms with E-state index in [9.17, 15) is 14.9 Å². The SMILES string of the molecule is C[C@@H]1CCCCN1C(=S)Sc1ccc([N+](=O)[O-])cc1C=O. The van der Waals surface area contributed by atoms with Crippen LogP contribution >= 0.6 is 24.0 Å². The highest BCUT2D eigenvalue weighted by atomic mass is 32.2. The summed E-state index contributed by atoms with van der Waals surface area (Å²) in [4.78, 5) is 24.2. The second kappa shape index (κ2) is 7.00. The van der Waals surface area contributed by atoms with E-state index in [1.165, 1.54) is 30.3 Å². The monoisotopic (exact) mass is 324 g/mol. The lowest BCUT2D eigenvalue weighted by atomic mass is 10.1. The number of hydrogen-bond acceptors (Lipinski definition) is 5. The third kappa shape index (κ3) is 3.79. The largest absolute Gasteiger partial charge is 0.355 e. The molecule has 0 amide bonds. The number of rotatable bonds is 3. The van der Waals surface area contributed by atoms with E-state index in [1.807, 2.05) is 0 Å². The molecule has 0 aromatic heterocycles. The van der Waals surface area contributed by atoms with Gasteiger partial charge in [-0.1, -0.05) is 24.0 Å². The summed E-state index contributed by atoms with van der Waals surface area (Å²) in [5.41, 5.74) is 0.222. The van der Waals surface area contributed by atoms with Crippen LogP contribution in [0.1, 0.15) is 36.5 Å². The molecule has 1 aliphatic heterocycles. The number of carbonyl (C=O) groups excluding carboxylic acids is 1. The van der Waals surface area contributed by atoms with Crippen molar-refractivity contribution >= 4 is 40.3 Å². The second-order valence-corrected chi connectivity index (χ2v) is 6.68. The summed E-state index contributed by atoms with van der Waals surface area (Å²) < 4.78 is 0.721. The Balaban J connectivity index is 2.16. The van der Waals surface area contributed by atoms with Gasteiger partial charge in [0.2, 0.25) is 0 Å². The van der Waals surface area contributed by atoms with Gasteiger partial charge in [0, 0.05) is 35.2 Å². The molecule has 1 aromatic carbocycles. The molecule has 2 rings (SSSR count). The van der Waals surface area contributed by atoms with Gasteiger partial charge in [-0.3, -0.25) is 14.9 Å². The number of nitro benzene ring substituents is 1. The summed E-state index contributed by atoms with van der Waals surface area (Å²) in [5, 5.41) is 10.7. The number of hydrogen-bond donors (Lipinski definition) is 0. The highest BCUT2D eigenvalue weighted by molar-refractivity contribution is 8.23. The first-order valence-electron chi connectivity index (χ1n) is 6.75. The maximum absolute atomic E-state index is 11.1. The number of non-ortho nitro benzene ring substituents is 1. The maximum atomic E-state index is 11.1.